The maximum atomic E-state index is 4.21. The van der Waals surface area contributed by atoms with Gasteiger partial charge in [-0.25, -0.2) is 4.57 Å². The molecule has 0 saturated heterocycles. The van der Waals surface area contributed by atoms with Crippen molar-refractivity contribution in [1.29, 1.82) is 0 Å². The van der Waals surface area contributed by atoms with Gasteiger partial charge in [0, 0.05) is 30.3 Å². The average Bonchev–Trinajstić information content (AvgIpc) is 2.86. The van der Waals surface area contributed by atoms with Gasteiger partial charge in [0.25, 0.3) is 0 Å². The van der Waals surface area contributed by atoms with Crippen molar-refractivity contribution in [2.24, 2.45) is 14.1 Å². The van der Waals surface area contributed by atoms with Crippen molar-refractivity contribution < 1.29 is 4.57 Å². The number of aryl methyl sites for hydroxylation is 2. The van der Waals surface area contributed by atoms with E-state index in [2.05, 4.69) is 65.3 Å². The fourth-order valence-corrected chi connectivity index (χ4v) is 2.49. The summed E-state index contributed by atoms with van der Waals surface area (Å²) in [5.41, 5.74) is 4.74. The predicted molar refractivity (Wildman–Crippen MR) is 77.8 cm³/mol. The van der Waals surface area contributed by atoms with E-state index in [1.165, 1.54) is 16.8 Å². The summed E-state index contributed by atoms with van der Waals surface area (Å²) in [7, 11) is 4.02. The molecule has 0 amide bonds. The van der Waals surface area contributed by atoms with E-state index < -0.39 is 0 Å². The molecule has 4 nitrogen and oxygen atoms in total. The Labute approximate surface area is 118 Å². The molecule has 3 aromatic rings. The van der Waals surface area contributed by atoms with Gasteiger partial charge in [-0.3, -0.25) is 0 Å². The Balaban J connectivity index is 2.21. The molecular weight excluding hydrogens is 248 g/mol. The molecular formula is C16H17N4+. The lowest BCUT2D eigenvalue weighted by molar-refractivity contribution is -0.660. The molecule has 0 aliphatic carbocycles. The largest absolute Gasteiger partial charge is 0.317 e. The van der Waals surface area contributed by atoms with Crippen molar-refractivity contribution in [2.45, 2.75) is 6.92 Å². The number of rotatable bonds is 2. The van der Waals surface area contributed by atoms with E-state index in [-0.39, 0.29) is 0 Å². The third-order valence-corrected chi connectivity index (χ3v) is 3.62. The molecule has 4 heteroatoms. The summed E-state index contributed by atoms with van der Waals surface area (Å²) in [5, 5.41) is 8.18. The Kier molecular flexibility index (Phi) is 3.06. The van der Waals surface area contributed by atoms with E-state index in [4.69, 9.17) is 0 Å². The van der Waals surface area contributed by atoms with Gasteiger partial charge >= 0.3 is 0 Å². The Morgan fingerprint density at radius 3 is 2.55 bits per heavy atom. The lowest BCUT2D eigenvalue weighted by Gasteiger charge is -2.09. The van der Waals surface area contributed by atoms with Gasteiger partial charge in [0.1, 0.15) is 13.4 Å². The predicted octanol–water partition coefficient (Wildman–Crippen LogP) is 2.28. The topological polar surface area (TPSA) is 34.6 Å². The fourth-order valence-electron chi connectivity index (χ4n) is 2.49. The zero-order valence-electron chi connectivity index (χ0n) is 11.9. The van der Waals surface area contributed by atoms with Crippen LogP contribution in [0.25, 0.3) is 22.6 Å². The van der Waals surface area contributed by atoms with E-state index in [1.54, 1.807) is 6.33 Å². The Hall–Kier alpha value is -2.49. The van der Waals surface area contributed by atoms with Crippen LogP contribution < -0.4 is 4.57 Å². The van der Waals surface area contributed by atoms with Crippen LogP contribution in [0.15, 0.2) is 48.9 Å². The highest BCUT2D eigenvalue weighted by molar-refractivity contribution is 5.72. The monoisotopic (exact) mass is 265 g/mol. The fraction of sp³-hybridized carbons (Fsp3) is 0.188. The minimum Gasteiger partial charge on any atom is -0.317 e. The van der Waals surface area contributed by atoms with Crippen molar-refractivity contribution in [1.82, 2.24) is 14.8 Å². The van der Waals surface area contributed by atoms with Gasteiger partial charge in [0.2, 0.25) is 5.69 Å². The smallest absolute Gasteiger partial charge is 0.212 e. The summed E-state index contributed by atoms with van der Waals surface area (Å²) in [6.45, 7) is 2.13. The van der Waals surface area contributed by atoms with Gasteiger partial charge in [-0.1, -0.05) is 12.1 Å². The van der Waals surface area contributed by atoms with Gasteiger partial charge in [-0.15, -0.1) is 10.2 Å². The second-order valence-corrected chi connectivity index (χ2v) is 4.94. The van der Waals surface area contributed by atoms with Gasteiger partial charge in [-0.2, -0.15) is 0 Å². The molecule has 2 aromatic heterocycles. The summed E-state index contributed by atoms with van der Waals surface area (Å²) in [5.74, 6) is 0.892. The first-order valence-electron chi connectivity index (χ1n) is 6.57. The summed E-state index contributed by atoms with van der Waals surface area (Å²) in [6, 6.07) is 12.5. The number of benzene rings is 1. The van der Waals surface area contributed by atoms with Crippen molar-refractivity contribution in [3.05, 3.63) is 54.5 Å². The minimum atomic E-state index is 0.892. The minimum absolute atomic E-state index is 0.892. The van der Waals surface area contributed by atoms with E-state index in [9.17, 15) is 0 Å². The van der Waals surface area contributed by atoms with Crippen molar-refractivity contribution in [2.75, 3.05) is 0 Å². The SMILES string of the molecule is Cc1c(-c2nncn2C)cccc1-c1cccc[n+]1C. The zero-order valence-corrected chi connectivity index (χ0v) is 11.9. The third kappa shape index (κ3) is 1.99. The molecule has 0 bridgehead atoms. The second-order valence-electron chi connectivity index (χ2n) is 4.94. The second kappa shape index (κ2) is 4.89. The van der Waals surface area contributed by atoms with Crippen LogP contribution in [0.5, 0.6) is 0 Å². The molecule has 1 aromatic carbocycles. The summed E-state index contributed by atoms with van der Waals surface area (Å²) in [6.07, 6.45) is 3.79. The maximum Gasteiger partial charge on any atom is 0.212 e. The van der Waals surface area contributed by atoms with Crippen molar-refractivity contribution in [3.63, 3.8) is 0 Å². The van der Waals surface area contributed by atoms with Crippen LogP contribution in [0.4, 0.5) is 0 Å². The Morgan fingerprint density at radius 2 is 1.85 bits per heavy atom. The molecule has 3 rings (SSSR count). The van der Waals surface area contributed by atoms with Crippen LogP contribution in [-0.2, 0) is 14.1 Å². The summed E-state index contributed by atoms with van der Waals surface area (Å²) < 4.78 is 4.07. The first kappa shape index (κ1) is 12.5. The Bertz CT molecular complexity index is 759. The van der Waals surface area contributed by atoms with Crippen molar-refractivity contribution >= 4 is 0 Å². The summed E-state index contributed by atoms with van der Waals surface area (Å²) >= 11 is 0. The summed E-state index contributed by atoms with van der Waals surface area (Å²) in [4.78, 5) is 0. The van der Waals surface area contributed by atoms with Gasteiger partial charge in [0.15, 0.2) is 12.0 Å². The molecule has 0 atom stereocenters. The van der Waals surface area contributed by atoms with Crippen LogP contribution in [0, 0.1) is 6.92 Å². The quantitative estimate of drug-likeness (QED) is 0.666. The molecule has 2 heterocycles. The highest BCUT2D eigenvalue weighted by Gasteiger charge is 2.16. The average molecular weight is 265 g/mol. The van der Waals surface area contributed by atoms with Gasteiger partial charge < -0.3 is 4.57 Å². The molecule has 0 fully saturated rings. The van der Waals surface area contributed by atoms with Gasteiger partial charge in [-0.05, 0) is 24.6 Å². The third-order valence-electron chi connectivity index (χ3n) is 3.62. The van der Waals surface area contributed by atoms with Crippen LogP contribution in [0.2, 0.25) is 0 Å². The lowest BCUT2D eigenvalue weighted by Crippen LogP contribution is -2.30. The van der Waals surface area contributed by atoms with E-state index in [1.807, 2.05) is 17.7 Å². The molecule has 0 unspecified atom stereocenters. The van der Waals surface area contributed by atoms with E-state index in [0.717, 1.165) is 11.4 Å². The molecule has 0 N–H and O–H groups in total. The highest BCUT2D eigenvalue weighted by Crippen LogP contribution is 2.28. The van der Waals surface area contributed by atoms with Crippen LogP contribution >= 0.6 is 0 Å². The highest BCUT2D eigenvalue weighted by atomic mass is 15.2. The maximum absolute atomic E-state index is 4.21. The van der Waals surface area contributed by atoms with Crippen molar-refractivity contribution in [3.8, 4) is 22.6 Å². The molecule has 100 valence electrons. The zero-order chi connectivity index (χ0) is 14.1. The molecule has 0 aliphatic rings. The first-order chi connectivity index (χ1) is 9.68. The number of nitrogens with zero attached hydrogens (tertiary/aromatic N) is 4. The molecule has 0 aliphatic heterocycles. The standard InChI is InChI=1S/C16H17N4/c1-12-13(15-9-4-5-10-19(15)2)7-6-8-14(12)16-18-17-11-20(16)3/h4-11H,1-3H3/q+1. The molecule has 20 heavy (non-hydrogen) atoms. The molecule has 0 saturated carbocycles. The molecule has 0 radical (unpaired) electrons. The number of hydrogen-bond donors (Lipinski definition) is 0. The van der Waals surface area contributed by atoms with Crippen LogP contribution in [-0.4, -0.2) is 14.8 Å². The van der Waals surface area contributed by atoms with E-state index in [0.29, 0.717) is 0 Å². The van der Waals surface area contributed by atoms with Gasteiger partial charge in [0.05, 0.1) is 0 Å². The van der Waals surface area contributed by atoms with Crippen LogP contribution in [0.3, 0.4) is 0 Å². The van der Waals surface area contributed by atoms with Crippen LogP contribution in [0.1, 0.15) is 5.56 Å². The first-order valence-corrected chi connectivity index (χ1v) is 6.57. The number of hydrogen-bond acceptors (Lipinski definition) is 2. The Morgan fingerprint density at radius 1 is 1.05 bits per heavy atom. The van der Waals surface area contributed by atoms with E-state index >= 15 is 0 Å². The lowest BCUT2D eigenvalue weighted by atomic mass is 9.99. The molecule has 0 spiro atoms. The normalized spacial score (nSPS) is 10.8. The number of aromatic nitrogens is 4. The number of pyridine rings is 1.